The minimum absolute atomic E-state index is 0.112. The third-order valence-corrected chi connectivity index (χ3v) is 5.49. The van der Waals surface area contributed by atoms with Crippen molar-refractivity contribution in [3.63, 3.8) is 0 Å². The first kappa shape index (κ1) is 22.0. The van der Waals surface area contributed by atoms with Gasteiger partial charge in [0.05, 0.1) is 0 Å². The van der Waals surface area contributed by atoms with Crippen molar-refractivity contribution in [1.29, 1.82) is 0 Å². The molecule has 0 heterocycles. The fourth-order valence-electron chi connectivity index (χ4n) is 3.72. The molecule has 3 aromatic carbocycles. The molecule has 0 aromatic heterocycles. The van der Waals surface area contributed by atoms with Gasteiger partial charge in [-0.05, 0) is 69.3 Å². The number of nitrogens with one attached hydrogen (secondary N) is 1. The number of aromatic hydroxyl groups is 1. The van der Waals surface area contributed by atoms with Crippen LogP contribution in [0, 0.1) is 0 Å². The Morgan fingerprint density at radius 2 is 1.17 bits per heavy atom. The molecule has 0 fully saturated rings. The molecule has 30 heavy (non-hydrogen) atoms. The molecule has 0 bridgehead atoms. The molecule has 0 atom stereocenters. The van der Waals surface area contributed by atoms with Crippen LogP contribution >= 0.6 is 0 Å². The number of phenols is 1. The van der Waals surface area contributed by atoms with E-state index in [4.69, 9.17) is 0 Å². The van der Waals surface area contributed by atoms with E-state index in [-0.39, 0.29) is 10.8 Å². The topological polar surface area (TPSA) is 32.3 Å². The van der Waals surface area contributed by atoms with E-state index in [1.807, 2.05) is 0 Å². The standard InChI is InChI=1S/C28H35NO/c1-27(2,3)24-17-22(18-25(26(24)30)28(4,5)6)19-29-23-14-12-21(13-15-23)16-20-10-8-7-9-11-20/h7-15,17-18,29-30H,16,19H2,1-6H3. The van der Waals surface area contributed by atoms with E-state index < -0.39 is 0 Å². The van der Waals surface area contributed by atoms with Crippen LogP contribution in [-0.4, -0.2) is 5.11 Å². The second-order valence-electron chi connectivity index (χ2n) is 10.3. The van der Waals surface area contributed by atoms with E-state index in [2.05, 4.69) is 114 Å². The highest BCUT2D eigenvalue weighted by molar-refractivity contribution is 5.51. The quantitative estimate of drug-likeness (QED) is 0.474. The minimum Gasteiger partial charge on any atom is -0.507 e. The molecule has 2 heteroatoms. The molecule has 2 N–H and O–H groups in total. The minimum atomic E-state index is -0.112. The van der Waals surface area contributed by atoms with Gasteiger partial charge in [0.2, 0.25) is 0 Å². The van der Waals surface area contributed by atoms with Crippen molar-refractivity contribution < 1.29 is 5.11 Å². The van der Waals surface area contributed by atoms with Crippen LogP contribution in [-0.2, 0) is 23.8 Å². The molecule has 3 aromatic rings. The van der Waals surface area contributed by atoms with Crippen LogP contribution in [0.5, 0.6) is 5.75 Å². The van der Waals surface area contributed by atoms with Gasteiger partial charge in [-0.3, -0.25) is 0 Å². The molecule has 3 rings (SSSR count). The fourth-order valence-corrected chi connectivity index (χ4v) is 3.72. The first-order valence-corrected chi connectivity index (χ1v) is 10.8. The van der Waals surface area contributed by atoms with Gasteiger partial charge in [-0.15, -0.1) is 0 Å². The Hall–Kier alpha value is -2.74. The van der Waals surface area contributed by atoms with Crippen LogP contribution in [0.3, 0.4) is 0 Å². The maximum Gasteiger partial charge on any atom is 0.123 e. The van der Waals surface area contributed by atoms with Crippen LogP contribution in [0.2, 0.25) is 0 Å². The summed E-state index contributed by atoms with van der Waals surface area (Å²) in [6.45, 7) is 13.6. The van der Waals surface area contributed by atoms with E-state index in [0.29, 0.717) is 5.75 Å². The molecule has 0 saturated carbocycles. The lowest BCUT2D eigenvalue weighted by Crippen LogP contribution is -2.18. The summed E-state index contributed by atoms with van der Waals surface area (Å²) >= 11 is 0. The third-order valence-electron chi connectivity index (χ3n) is 5.49. The number of rotatable bonds is 5. The van der Waals surface area contributed by atoms with Crippen molar-refractivity contribution in [2.45, 2.75) is 65.3 Å². The van der Waals surface area contributed by atoms with E-state index in [0.717, 1.165) is 29.8 Å². The normalized spacial score (nSPS) is 12.1. The number of anilines is 1. The molecule has 0 aliphatic rings. The molecule has 2 nitrogen and oxygen atoms in total. The van der Waals surface area contributed by atoms with Gasteiger partial charge < -0.3 is 10.4 Å². The maximum absolute atomic E-state index is 10.9. The van der Waals surface area contributed by atoms with Crippen LogP contribution in [0.4, 0.5) is 5.69 Å². The summed E-state index contributed by atoms with van der Waals surface area (Å²) in [7, 11) is 0. The first-order valence-electron chi connectivity index (χ1n) is 10.8. The maximum atomic E-state index is 10.9. The molecule has 0 amide bonds. The third kappa shape index (κ3) is 5.44. The predicted octanol–water partition coefficient (Wildman–Crippen LogP) is 7.19. The van der Waals surface area contributed by atoms with Crippen LogP contribution < -0.4 is 5.32 Å². The average Bonchev–Trinajstić information content (AvgIpc) is 2.67. The smallest absolute Gasteiger partial charge is 0.123 e. The Kier molecular flexibility index (Phi) is 6.26. The Morgan fingerprint density at radius 3 is 1.67 bits per heavy atom. The van der Waals surface area contributed by atoms with Gasteiger partial charge in [0, 0.05) is 12.2 Å². The zero-order chi connectivity index (χ0) is 21.9. The van der Waals surface area contributed by atoms with Crippen molar-refractivity contribution in [2.24, 2.45) is 0 Å². The molecule has 0 aliphatic heterocycles. The van der Waals surface area contributed by atoms with Crippen molar-refractivity contribution in [2.75, 3.05) is 5.32 Å². The Labute approximate surface area is 182 Å². The van der Waals surface area contributed by atoms with E-state index in [9.17, 15) is 5.11 Å². The summed E-state index contributed by atoms with van der Waals surface area (Å²) < 4.78 is 0. The number of hydrogen-bond donors (Lipinski definition) is 2. The lowest BCUT2D eigenvalue weighted by atomic mass is 9.78. The highest BCUT2D eigenvalue weighted by atomic mass is 16.3. The monoisotopic (exact) mass is 401 g/mol. The summed E-state index contributed by atoms with van der Waals surface area (Å²) in [6, 6.07) is 23.5. The summed E-state index contributed by atoms with van der Waals surface area (Å²) in [5, 5.41) is 14.4. The molecular formula is C28H35NO. The Morgan fingerprint density at radius 1 is 0.667 bits per heavy atom. The molecule has 0 saturated heterocycles. The van der Waals surface area contributed by atoms with Gasteiger partial charge >= 0.3 is 0 Å². The first-order chi connectivity index (χ1) is 14.0. The molecule has 0 spiro atoms. The number of phenolic OH excluding ortho intramolecular Hbond substituents is 1. The van der Waals surface area contributed by atoms with Crippen molar-refractivity contribution >= 4 is 5.69 Å². The van der Waals surface area contributed by atoms with Crippen LogP contribution in [0.1, 0.15) is 69.4 Å². The second-order valence-corrected chi connectivity index (χ2v) is 10.3. The SMILES string of the molecule is CC(C)(C)c1cc(CNc2ccc(Cc3ccccc3)cc2)cc(C(C)(C)C)c1O. The van der Waals surface area contributed by atoms with Gasteiger partial charge in [0.25, 0.3) is 0 Å². The summed E-state index contributed by atoms with van der Waals surface area (Å²) in [6.07, 6.45) is 0.947. The van der Waals surface area contributed by atoms with Gasteiger partial charge in [0.15, 0.2) is 0 Å². The van der Waals surface area contributed by atoms with E-state index in [1.165, 1.54) is 16.7 Å². The van der Waals surface area contributed by atoms with Crippen LogP contribution in [0.15, 0.2) is 66.7 Å². The largest absolute Gasteiger partial charge is 0.507 e. The molecular weight excluding hydrogens is 366 g/mol. The van der Waals surface area contributed by atoms with Gasteiger partial charge in [-0.1, -0.05) is 84.0 Å². The molecule has 0 aliphatic carbocycles. The lowest BCUT2D eigenvalue weighted by molar-refractivity contribution is 0.423. The van der Waals surface area contributed by atoms with Gasteiger partial charge in [-0.2, -0.15) is 0 Å². The summed E-state index contributed by atoms with van der Waals surface area (Å²) in [5.41, 5.74) is 6.71. The summed E-state index contributed by atoms with van der Waals surface area (Å²) in [5.74, 6) is 0.434. The summed E-state index contributed by atoms with van der Waals surface area (Å²) in [4.78, 5) is 0. The van der Waals surface area contributed by atoms with Gasteiger partial charge in [0.1, 0.15) is 5.75 Å². The second kappa shape index (κ2) is 8.55. The van der Waals surface area contributed by atoms with Crippen LogP contribution in [0.25, 0.3) is 0 Å². The zero-order valence-electron chi connectivity index (χ0n) is 19.2. The predicted molar refractivity (Wildman–Crippen MR) is 129 cm³/mol. The number of hydrogen-bond acceptors (Lipinski definition) is 2. The van der Waals surface area contributed by atoms with Gasteiger partial charge in [-0.25, -0.2) is 0 Å². The molecule has 0 radical (unpaired) electrons. The Balaban J connectivity index is 1.76. The number of benzene rings is 3. The van der Waals surface area contributed by atoms with E-state index in [1.54, 1.807) is 0 Å². The fraction of sp³-hybridized carbons (Fsp3) is 0.357. The highest BCUT2D eigenvalue weighted by Gasteiger charge is 2.26. The van der Waals surface area contributed by atoms with Crippen molar-refractivity contribution in [1.82, 2.24) is 0 Å². The zero-order valence-corrected chi connectivity index (χ0v) is 19.2. The van der Waals surface area contributed by atoms with Crippen molar-refractivity contribution in [3.05, 3.63) is 94.5 Å². The molecule has 158 valence electrons. The lowest BCUT2D eigenvalue weighted by Gasteiger charge is -2.28. The highest BCUT2D eigenvalue weighted by Crippen LogP contribution is 2.39. The molecule has 0 unspecified atom stereocenters. The average molecular weight is 402 g/mol. The van der Waals surface area contributed by atoms with Crippen molar-refractivity contribution in [3.8, 4) is 5.75 Å². The Bertz CT molecular complexity index is 939. The van der Waals surface area contributed by atoms with E-state index >= 15 is 0 Å².